The Labute approximate surface area is 448 Å². The Bertz CT molecular complexity index is 1560. The van der Waals surface area contributed by atoms with E-state index in [4.69, 9.17) is 24.3 Å². The van der Waals surface area contributed by atoms with Gasteiger partial charge in [-0.15, -0.1) is 0 Å². The van der Waals surface area contributed by atoms with Crippen LogP contribution < -0.4 is 5.73 Å². The molecule has 0 aromatic heterocycles. The molecule has 0 aromatic carbocycles. The standard InChI is InChI=1S/C63H108NO8P/c1-3-5-7-9-11-13-15-17-19-21-23-25-26-27-28-29-30-31-32-33-34-36-38-40-42-44-46-48-50-52-54-56-63(66)72-61(60-71-73(67,68)70-58-57-64)59-69-62(65)55-53-51-49-47-45-43-41-39-37-35-24-22-20-18-16-14-12-10-8-6-4-2/h5,7,11,13,17,19,23,25,27-28,30-31,33-34,38,40,44,46,61H,3-4,6,8-10,12,14-16,18,20-22,24,26,29,32,35-37,39,41-43,45,47-60,64H2,1-2H3,(H,67,68)/b7-5-,13-11-,19-17-,25-23-,28-27-,31-30-,34-33-,40-38-,46-44-. The van der Waals surface area contributed by atoms with Crippen molar-refractivity contribution in [3.05, 3.63) is 109 Å². The van der Waals surface area contributed by atoms with E-state index in [2.05, 4.69) is 123 Å². The predicted octanol–water partition coefficient (Wildman–Crippen LogP) is 18.6. The Morgan fingerprint density at radius 2 is 0.753 bits per heavy atom. The third kappa shape index (κ3) is 57.8. The lowest BCUT2D eigenvalue weighted by molar-refractivity contribution is -0.161. The molecule has 73 heavy (non-hydrogen) atoms. The molecule has 0 spiro atoms. The molecule has 0 rings (SSSR count). The zero-order valence-electron chi connectivity index (χ0n) is 46.6. The fraction of sp³-hybridized carbons (Fsp3) is 0.683. The average molecular weight is 1040 g/mol. The fourth-order valence-electron chi connectivity index (χ4n) is 7.86. The number of phosphoric acid groups is 1. The van der Waals surface area contributed by atoms with Crippen LogP contribution in [0, 0.1) is 0 Å². The first-order valence-electron chi connectivity index (χ1n) is 29.4. The van der Waals surface area contributed by atoms with Gasteiger partial charge in [-0.3, -0.25) is 18.6 Å². The average Bonchev–Trinajstić information content (AvgIpc) is 3.38. The van der Waals surface area contributed by atoms with Crippen LogP contribution in [0.1, 0.15) is 245 Å². The largest absolute Gasteiger partial charge is 0.472 e. The summed E-state index contributed by atoms with van der Waals surface area (Å²) < 4.78 is 33.0. The maximum absolute atomic E-state index is 12.7. The minimum Gasteiger partial charge on any atom is -0.462 e. The Hall–Kier alpha value is -3.33. The molecular weight excluding hydrogens is 930 g/mol. The summed E-state index contributed by atoms with van der Waals surface area (Å²) in [6, 6.07) is 0. The number of nitrogens with two attached hydrogens (primary N) is 1. The zero-order chi connectivity index (χ0) is 53.1. The minimum absolute atomic E-state index is 0.0431. The first-order valence-corrected chi connectivity index (χ1v) is 30.9. The van der Waals surface area contributed by atoms with Crippen LogP contribution in [0.3, 0.4) is 0 Å². The summed E-state index contributed by atoms with van der Waals surface area (Å²) in [6.07, 6.45) is 78.6. The van der Waals surface area contributed by atoms with Gasteiger partial charge >= 0.3 is 19.8 Å². The van der Waals surface area contributed by atoms with Crippen LogP contribution in [0.5, 0.6) is 0 Å². The second kappa shape index (κ2) is 57.9. The molecular formula is C63H108NO8P. The minimum atomic E-state index is -4.40. The monoisotopic (exact) mass is 1040 g/mol. The molecule has 0 heterocycles. The Morgan fingerprint density at radius 3 is 1.12 bits per heavy atom. The van der Waals surface area contributed by atoms with Gasteiger partial charge in [-0.1, -0.05) is 258 Å². The van der Waals surface area contributed by atoms with Crippen molar-refractivity contribution in [1.29, 1.82) is 0 Å². The van der Waals surface area contributed by atoms with Crippen molar-refractivity contribution in [1.82, 2.24) is 0 Å². The maximum Gasteiger partial charge on any atom is 0.472 e. The molecule has 0 aromatic rings. The summed E-state index contributed by atoms with van der Waals surface area (Å²) in [4.78, 5) is 35.2. The summed E-state index contributed by atoms with van der Waals surface area (Å²) in [7, 11) is -4.40. The third-order valence-electron chi connectivity index (χ3n) is 12.2. The van der Waals surface area contributed by atoms with Gasteiger partial charge in [-0.25, -0.2) is 4.57 Å². The van der Waals surface area contributed by atoms with Gasteiger partial charge in [0.2, 0.25) is 0 Å². The smallest absolute Gasteiger partial charge is 0.462 e. The van der Waals surface area contributed by atoms with Gasteiger partial charge in [0.25, 0.3) is 0 Å². The second-order valence-corrected chi connectivity index (χ2v) is 20.6. The van der Waals surface area contributed by atoms with Crippen LogP contribution >= 0.6 is 7.82 Å². The van der Waals surface area contributed by atoms with Crippen molar-refractivity contribution in [3.8, 4) is 0 Å². The van der Waals surface area contributed by atoms with Crippen LogP contribution in [0.15, 0.2) is 109 Å². The molecule has 0 saturated carbocycles. The molecule has 2 unspecified atom stereocenters. The number of unbranched alkanes of at least 4 members (excludes halogenated alkanes) is 23. The van der Waals surface area contributed by atoms with Gasteiger partial charge in [0.15, 0.2) is 6.10 Å². The molecule has 0 aliphatic carbocycles. The van der Waals surface area contributed by atoms with Crippen molar-refractivity contribution in [2.24, 2.45) is 5.73 Å². The highest BCUT2D eigenvalue weighted by molar-refractivity contribution is 7.47. The molecule has 0 radical (unpaired) electrons. The zero-order valence-corrected chi connectivity index (χ0v) is 47.5. The van der Waals surface area contributed by atoms with Gasteiger partial charge in [0.05, 0.1) is 13.2 Å². The highest BCUT2D eigenvalue weighted by Gasteiger charge is 2.26. The van der Waals surface area contributed by atoms with E-state index in [1.165, 1.54) is 116 Å². The van der Waals surface area contributed by atoms with E-state index in [1.54, 1.807) is 0 Å². The van der Waals surface area contributed by atoms with Gasteiger partial charge in [-0.2, -0.15) is 0 Å². The number of hydrogen-bond acceptors (Lipinski definition) is 8. The highest BCUT2D eigenvalue weighted by atomic mass is 31.2. The van der Waals surface area contributed by atoms with Crippen molar-refractivity contribution in [3.63, 3.8) is 0 Å². The van der Waals surface area contributed by atoms with Crippen LogP contribution in [0.2, 0.25) is 0 Å². The number of carbonyl (C=O) groups excluding carboxylic acids is 2. The molecule has 3 N–H and O–H groups in total. The van der Waals surface area contributed by atoms with Crippen LogP contribution in [0.4, 0.5) is 0 Å². The molecule has 0 bridgehead atoms. The number of esters is 2. The Morgan fingerprint density at radius 1 is 0.425 bits per heavy atom. The summed E-state index contributed by atoms with van der Waals surface area (Å²) in [5.74, 6) is -0.866. The van der Waals surface area contributed by atoms with E-state index >= 15 is 0 Å². The van der Waals surface area contributed by atoms with E-state index in [1.807, 2.05) is 0 Å². The Kier molecular flexibility index (Phi) is 55.3. The lowest BCUT2D eigenvalue weighted by atomic mass is 10.0. The fourth-order valence-corrected chi connectivity index (χ4v) is 8.63. The summed E-state index contributed by atoms with van der Waals surface area (Å²) in [6.45, 7) is 3.60. The third-order valence-corrected chi connectivity index (χ3v) is 13.2. The summed E-state index contributed by atoms with van der Waals surface area (Å²) in [5.41, 5.74) is 5.38. The van der Waals surface area contributed by atoms with Crippen LogP contribution in [-0.4, -0.2) is 49.3 Å². The highest BCUT2D eigenvalue weighted by Crippen LogP contribution is 2.43. The maximum atomic E-state index is 12.7. The lowest BCUT2D eigenvalue weighted by Crippen LogP contribution is -2.29. The van der Waals surface area contributed by atoms with Gasteiger partial charge < -0.3 is 20.1 Å². The number of carbonyl (C=O) groups is 2. The SMILES string of the molecule is CC/C=C\C/C=C\C/C=C\C/C=C\C/C=C\C/C=C\C/C=C\C/C=C\C/C=C\CCCCCC(=O)OC(COC(=O)CCCCCCCCCCCCCCCCCCCCCCC)COP(=O)(O)OCCN. The molecule has 418 valence electrons. The molecule has 0 fully saturated rings. The van der Waals surface area contributed by atoms with E-state index < -0.39 is 32.5 Å². The molecule has 0 saturated heterocycles. The number of ether oxygens (including phenoxy) is 2. The van der Waals surface area contributed by atoms with Crippen molar-refractivity contribution >= 4 is 19.8 Å². The number of hydrogen-bond donors (Lipinski definition) is 2. The van der Waals surface area contributed by atoms with Crippen LogP contribution in [-0.2, 0) is 32.7 Å². The van der Waals surface area contributed by atoms with Crippen LogP contribution in [0.25, 0.3) is 0 Å². The molecule has 0 aliphatic rings. The van der Waals surface area contributed by atoms with Gasteiger partial charge in [0, 0.05) is 19.4 Å². The lowest BCUT2D eigenvalue weighted by Gasteiger charge is -2.19. The summed E-state index contributed by atoms with van der Waals surface area (Å²) in [5, 5.41) is 0. The Balaban J connectivity index is 4.09. The van der Waals surface area contributed by atoms with E-state index in [9.17, 15) is 19.0 Å². The molecule has 0 aliphatic heterocycles. The summed E-state index contributed by atoms with van der Waals surface area (Å²) >= 11 is 0. The van der Waals surface area contributed by atoms with E-state index in [0.717, 1.165) is 96.3 Å². The molecule has 0 amide bonds. The topological polar surface area (TPSA) is 134 Å². The van der Waals surface area contributed by atoms with Gasteiger partial charge in [-0.05, 0) is 83.5 Å². The number of rotatable bonds is 54. The van der Waals surface area contributed by atoms with Crippen molar-refractivity contribution in [2.45, 2.75) is 251 Å². The van der Waals surface area contributed by atoms with Gasteiger partial charge in [0.1, 0.15) is 6.61 Å². The first-order chi connectivity index (χ1) is 35.8. The normalized spacial score (nSPS) is 13.9. The first kappa shape index (κ1) is 69.7. The second-order valence-electron chi connectivity index (χ2n) is 19.1. The van der Waals surface area contributed by atoms with E-state index in [-0.39, 0.29) is 32.6 Å². The number of allylic oxidation sites excluding steroid dienone is 18. The van der Waals surface area contributed by atoms with E-state index in [0.29, 0.717) is 6.42 Å². The molecule has 2 atom stereocenters. The van der Waals surface area contributed by atoms with Crippen molar-refractivity contribution in [2.75, 3.05) is 26.4 Å². The quantitative estimate of drug-likeness (QED) is 0.0264. The molecule has 9 nitrogen and oxygen atoms in total. The predicted molar refractivity (Wildman–Crippen MR) is 311 cm³/mol. The number of phosphoric ester groups is 1. The van der Waals surface area contributed by atoms with Crippen molar-refractivity contribution < 1.29 is 37.6 Å². The molecule has 10 heteroatoms.